The van der Waals surface area contributed by atoms with Crippen LogP contribution in [0.15, 0.2) is 42.6 Å². The zero-order valence-corrected chi connectivity index (χ0v) is 11.7. The van der Waals surface area contributed by atoms with Gasteiger partial charge in [-0.1, -0.05) is 18.2 Å². The molecule has 0 spiro atoms. The lowest BCUT2D eigenvalue weighted by molar-refractivity contribution is 0.100. The lowest BCUT2D eigenvalue weighted by atomic mass is 10.1. The monoisotopic (exact) mass is 280 g/mol. The van der Waals surface area contributed by atoms with Crippen molar-refractivity contribution in [3.05, 3.63) is 59.3 Å². The van der Waals surface area contributed by atoms with Gasteiger partial charge >= 0.3 is 0 Å². The van der Waals surface area contributed by atoms with Gasteiger partial charge in [0.05, 0.1) is 17.3 Å². The van der Waals surface area contributed by atoms with Crippen molar-refractivity contribution in [3.8, 4) is 0 Å². The number of hydrogen-bond donors (Lipinski definition) is 3. The molecule has 106 valence electrons. The fraction of sp³-hybridized carbons (Fsp3) is 0.125. The fourth-order valence-electron chi connectivity index (χ4n) is 2.31. The number of fused-ring (bicyclic) bond motifs is 1. The molecule has 0 atom stereocenters. The van der Waals surface area contributed by atoms with Crippen LogP contribution in [-0.4, -0.2) is 16.1 Å². The second-order valence-electron chi connectivity index (χ2n) is 5.06. The molecule has 0 saturated carbocycles. The number of rotatable bonds is 4. The van der Waals surface area contributed by atoms with E-state index in [2.05, 4.69) is 15.5 Å². The van der Waals surface area contributed by atoms with Gasteiger partial charge in [0, 0.05) is 17.6 Å². The number of nitrogens with two attached hydrogens (primary N) is 1. The van der Waals surface area contributed by atoms with Crippen molar-refractivity contribution in [2.24, 2.45) is 5.73 Å². The molecule has 0 aliphatic heterocycles. The lowest BCUT2D eigenvalue weighted by Crippen LogP contribution is -2.14. The number of H-pyrrole nitrogens is 1. The number of carbonyl (C=O) groups is 1. The van der Waals surface area contributed by atoms with E-state index in [1.54, 1.807) is 12.3 Å². The number of nitrogens with zero attached hydrogens (tertiary/aromatic N) is 1. The molecule has 1 heterocycles. The molecule has 0 fully saturated rings. The number of aryl methyl sites for hydroxylation is 1. The first-order valence-electron chi connectivity index (χ1n) is 6.70. The Balaban J connectivity index is 1.83. The summed E-state index contributed by atoms with van der Waals surface area (Å²) in [5.41, 5.74) is 9.83. The third-order valence-corrected chi connectivity index (χ3v) is 3.43. The van der Waals surface area contributed by atoms with Crippen molar-refractivity contribution in [2.75, 3.05) is 5.32 Å². The summed E-state index contributed by atoms with van der Waals surface area (Å²) in [4.78, 5) is 11.5. The summed E-state index contributed by atoms with van der Waals surface area (Å²) in [6.07, 6.45) is 1.79. The maximum Gasteiger partial charge on any atom is 0.250 e. The second kappa shape index (κ2) is 5.28. The van der Waals surface area contributed by atoms with Gasteiger partial charge < -0.3 is 11.1 Å². The molecule has 2 aromatic carbocycles. The van der Waals surface area contributed by atoms with Gasteiger partial charge in [0.2, 0.25) is 0 Å². The largest absolute Gasteiger partial charge is 0.380 e. The number of nitrogens with one attached hydrogen (secondary N) is 2. The Morgan fingerprint density at radius 2 is 2.14 bits per heavy atom. The molecule has 0 bridgehead atoms. The van der Waals surface area contributed by atoms with Crippen LogP contribution in [0.3, 0.4) is 0 Å². The summed E-state index contributed by atoms with van der Waals surface area (Å²) in [6.45, 7) is 2.59. The van der Waals surface area contributed by atoms with Gasteiger partial charge in [-0.25, -0.2) is 0 Å². The molecule has 21 heavy (non-hydrogen) atoms. The minimum Gasteiger partial charge on any atom is -0.380 e. The maximum atomic E-state index is 11.5. The highest BCUT2D eigenvalue weighted by molar-refractivity contribution is 5.98. The minimum atomic E-state index is -0.429. The number of aromatic nitrogens is 2. The van der Waals surface area contributed by atoms with E-state index in [-0.39, 0.29) is 0 Å². The summed E-state index contributed by atoms with van der Waals surface area (Å²) < 4.78 is 0. The molecular formula is C16H16N4O. The highest BCUT2D eigenvalue weighted by Crippen LogP contribution is 2.19. The highest BCUT2D eigenvalue weighted by Gasteiger charge is 2.08. The normalized spacial score (nSPS) is 10.7. The first kappa shape index (κ1) is 13.2. The molecule has 3 rings (SSSR count). The summed E-state index contributed by atoms with van der Waals surface area (Å²) in [7, 11) is 0. The van der Waals surface area contributed by atoms with Crippen LogP contribution in [0.5, 0.6) is 0 Å². The predicted octanol–water partition coefficient (Wildman–Crippen LogP) is 2.58. The van der Waals surface area contributed by atoms with E-state index < -0.39 is 5.91 Å². The zero-order valence-electron chi connectivity index (χ0n) is 11.7. The number of benzene rings is 2. The van der Waals surface area contributed by atoms with Gasteiger partial charge in [-0.05, 0) is 36.2 Å². The van der Waals surface area contributed by atoms with Gasteiger partial charge in [-0.3, -0.25) is 9.89 Å². The van der Waals surface area contributed by atoms with Crippen LogP contribution < -0.4 is 11.1 Å². The molecule has 0 aliphatic carbocycles. The van der Waals surface area contributed by atoms with E-state index >= 15 is 0 Å². The average Bonchev–Trinajstić information content (AvgIpc) is 2.92. The summed E-state index contributed by atoms with van der Waals surface area (Å²) in [5.74, 6) is -0.429. The van der Waals surface area contributed by atoms with Gasteiger partial charge in [-0.15, -0.1) is 0 Å². The first-order valence-corrected chi connectivity index (χ1v) is 6.70. The molecule has 0 unspecified atom stereocenters. The smallest absolute Gasteiger partial charge is 0.250 e. The van der Waals surface area contributed by atoms with Crippen LogP contribution in [0.2, 0.25) is 0 Å². The second-order valence-corrected chi connectivity index (χ2v) is 5.06. The van der Waals surface area contributed by atoms with Crippen LogP contribution in [0.1, 0.15) is 21.5 Å². The van der Waals surface area contributed by atoms with Gasteiger partial charge in [0.1, 0.15) is 0 Å². The Bertz CT molecular complexity index is 807. The Hall–Kier alpha value is -2.82. The third-order valence-electron chi connectivity index (χ3n) is 3.43. The predicted molar refractivity (Wildman–Crippen MR) is 83.1 cm³/mol. The molecule has 1 amide bonds. The SMILES string of the molecule is Cc1ccc(C(N)=O)c(NCc2ccc3cn[nH]c3c2)c1. The standard InChI is InChI=1S/C16H16N4O/c1-10-2-5-13(16(17)21)15(6-10)18-8-11-3-4-12-9-19-20-14(12)7-11/h2-7,9,18H,8H2,1H3,(H2,17,21)(H,19,20). The van der Waals surface area contributed by atoms with Gasteiger partial charge in [0.25, 0.3) is 5.91 Å². The molecule has 0 radical (unpaired) electrons. The van der Waals surface area contributed by atoms with Gasteiger partial charge in [0.15, 0.2) is 0 Å². The van der Waals surface area contributed by atoms with E-state index in [0.29, 0.717) is 12.1 Å². The van der Waals surface area contributed by atoms with Crippen LogP contribution in [0.4, 0.5) is 5.69 Å². The lowest BCUT2D eigenvalue weighted by Gasteiger charge is -2.11. The average molecular weight is 280 g/mol. The van der Waals surface area contributed by atoms with Gasteiger partial charge in [-0.2, -0.15) is 5.10 Å². The topological polar surface area (TPSA) is 83.8 Å². The Morgan fingerprint density at radius 3 is 2.95 bits per heavy atom. The van der Waals surface area contributed by atoms with E-state index in [1.807, 2.05) is 37.3 Å². The molecule has 4 N–H and O–H groups in total. The number of carbonyl (C=O) groups excluding carboxylic acids is 1. The maximum absolute atomic E-state index is 11.5. The first-order chi connectivity index (χ1) is 10.1. The highest BCUT2D eigenvalue weighted by atomic mass is 16.1. The molecular weight excluding hydrogens is 264 g/mol. The number of aromatic amines is 1. The minimum absolute atomic E-state index is 0.429. The summed E-state index contributed by atoms with van der Waals surface area (Å²) in [6, 6.07) is 11.6. The molecule has 0 aliphatic rings. The Morgan fingerprint density at radius 1 is 1.29 bits per heavy atom. The Kier molecular flexibility index (Phi) is 3.31. The van der Waals surface area contributed by atoms with Crippen molar-refractivity contribution < 1.29 is 4.79 Å². The van der Waals surface area contributed by atoms with Crippen LogP contribution in [0.25, 0.3) is 10.9 Å². The number of hydrogen-bond acceptors (Lipinski definition) is 3. The number of amides is 1. The molecule has 5 heteroatoms. The van der Waals surface area contributed by atoms with Crippen LogP contribution >= 0.6 is 0 Å². The molecule has 3 aromatic rings. The van der Waals surface area contributed by atoms with Crippen LogP contribution in [0, 0.1) is 6.92 Å². The van der Waals surface area contributed by atoms with E-state index in [4.69, 9.17) is 5.73 Å². The van der Waals surface area contributed by atoms with Crippen LogP contribution in [-0.2, 0) is 6.54 Å². The molecule has 1 aromatic heterocycles. The van der Waals surface area contributed by atoms with Crippen molar-refractivity contribution in [3.63, 3.8) is 0 Å². The summed E-state index contributed by atoms with van der Waals surface area (Å²) >= 11 is 0. The Labute approximate surface area is 122 Å². The summed E-state index contributed by atoms with van der Waals surface area (Å²) in [5, 5.41) is 11.3. The fourth-order valence-corrected chi connectivity index (χ4v) is 2.31. The van der Waals surface area contributed by atoms with Crippen molar-refractivity contribution in [2.45, 2.75) is 13.5 Å². The molecule has 5 nitrogen and oxygen atoms in total. The zero-order chi connectivity index (χ0) is 14.8. The van der Waals surface area contributed by atoms with E-state index in [1.165, 1.54) is 0 Å². The van der Waals surface area contributed by atoms with Crippen molar-refractivity contribution in [1.29, 1.82) is 0 Å². The van der Waals surface area contributed by atoms with Crippen molar-refractivity contribution in [1.82, 2.24) is 10.2 Å². The third kappa shape index (κ3) is 2.72. The quantitative estimate of drug-likeness (QED) is 0.686. The van der Waals surface area contributed by atoms with E-state index in [0.717, 1.165) is 27.7 Å². The molecule has 0 saturated heterocycles. The number of anilines is 1. The number of primary amides is 1. The van der Waals surface area contributed by atoms with E-state index in [9.17, 15) is 4.79 Å². The van der Waals surface area contributed by atoms with Crippen molar-refractivity contribution >= 4 is 22.5 Å².